The minimum Gasteiger partial charge on any atom is -0.341 e. The lowest BCUT2D eigenvalue weighted by Gasteiger charge is -2.08. The first-order valence-electron chi connectivity index (χ1n) is 9.69. The Morgan fingerprint density at radius 1 is 1.19 bits per heavy atom. The van der Waals surface area contributed by atoms with Gasteiger partial charge in [0.1, 0.15) is 5.52 Å². The maximum Gasteiger partial charge on any atom is 0.329 e. The van der Waals surface area contributed by atoms with Crippen LogP contribution < -0.4 is 5.48 Å². The minimum absolute atomic E-state index is 0.0933. The van der Waals surface area contributed by atoms with Crippen molar-refractivity contribution in [2.75, 3.05) is 0 Å². The number of hydrogen-bond acceptors (Lipinski definition) is 6. The average molecular weight is 489 g/mol. The number of hydrogen-bond donors (Lipinski definition) is 1. The number of hydroxylamine groups is 1. The van der Waals surface area contributed by atoms with Crippen LogP contribution in [0.2, 0.25) is 10.0 Å². The van der Waals surface area contributed by atoms with Crippen LogP contribution in [0, 0.1) is 0 Å². The zero-order valence-corrected chi connectivity index (χ0v) is 19.5. The van der Waals surface area contributed by atoms with E-state index in [4.69, 9.17) is 33.3 Å². The van der Waals surface area contributed by atoms with Crippen molar-refractivity contribution in [2.24, 2.45) is 0 Å². The fourth-order valence-electron chi connectivity index (χ4n) is 3.16. The van der Waals surface area contributed by atoms with E-state index in [1.807, 2.05) is 37.3 Å². The number of nitrogens with one attached hydrogen (secondary N) is 1. The van der Waals surface area contributed by atoms with Gasteiger partial charge in [-0.15, -0.1) is 0 Å². The first kappa shape index (κ1) is 22.3. The Hall–Kier alpha value is -2.94. The summed E-state index contributed by atoms with van der Waals surface area (Å²) in [4.78, 5) is 32.3. The molecule has 7 nitrogen and oxygen atoms in total. The molecule has 0 fully saturated rings. The van der Waals surface area contributed by atoms with Crippen molar-refractivity contribution in [1.82, 2.24) is 20.2 Å². The molecular weight excluding hydrogens is 471 g/mol. The topological polar surface area (TPSA) is 86.1 Å². The summed E-state index contributed by atoms with van der Waals surface area (Å²) in [6, 6.07) is 15.0. The van der Waals surface area contributed by atoms with Crippen LogP contribution in [0.1, 0.15) is 31.9 Å². The number of aromatic nitrogens is 3. The van der Waals surface area contributed by atoms with Gasteiger partial charge < -0.3 is 4.84 Å². The lowest BCUT2D eigenvalue weighted by atomic mass is 10.0. The Labute approximate surface area is 197 Å². The van der Waals surface area contributed by atoms with E-state index in [0.29, 0.717) is 26.4 Å². The third kappa shape index (κ3) is 4.77. The van der Waals surface area contributed by atoms with E-state index in [9.17, 15) is 9.59 Å². The molecule has 10 heteroatoms. The summed E-state index contributed by atoms with van der Waals surface area (Å²) >= 11 is 13.8. The van der Waals surface area contributed by atoms with E-state index in [0.717, 1.165) is 16.0 Å². The van der Waals surface area contributed by atoms with Gasteiger partial charge in [-0.1, -0.05) is 59.7 Å². The number of carbonyl (C=O) groups excluding carboxylic acids is 2. The highest BCUT2D eigenvalue weighted by atomic mass is 35.5. The molecule has 1 atom stereocenters. The molecule has 0 saturated heterocycles. The SMILES string of the molecule is CC(=O)ONC(=O)CC(C)c1cc(-c2ccc(Cl)cc2)n(-c2nc3c(Cl)cccc3s2)n1. The van der Waals surface area contributed by atoms with E-state index >= 15 is 0 Å². The molecule has 1 unspecified atom stereocenters. The first-order chi connectivity index (χ1) is 15.3. The standard InChI is InChI=1S/C22H18Cl2N4O3S/c1-12(10-20(30)27-31-13(2)29)17-11-18(14-6-8-15(23)9-7-14)28(26-17)22-25-21-16(24)4-3-5-19(21)32-22/h3-9,11-12H,10H2,1-2H3,(H,27,30). The summed E-state index contributed by atoms with van der Waals surface area (Å²) in [7, 11) is 0. The van der Waals surface area contributed by atoms with Gasteiger partial charge in [-0.2, -0.15) is 10.6 Å². The monoisotopic (exact) mass is 488 g/mol. The van der Waals surface area contributed by atoms with E-state index in [-0.39, 0.29) is 12.3 Å². The van der Waals surface area contributed by atoms with Gasteiger partial charge in [-0.25, -0.2) is 9.67 Å². The molecule has 4 rings (SSSR count). The molecule has 1 N–H and O–H groups in total. The van der Waals surface area contributed by atoms with E-state index in [2.05, 4.69) is 10.3 Å². The Bertz CT molecular complexity index is 1300. The zero-order valence-electron chi connectivity index (χ0n) is 17.1. The summed E-state index contributed by atoms with van der Waals surface area (Å²) in [5, 5.41) is 6.60. The van der Waals surface area contributed by atoms with Crippen molar-refractivity contribution in [3.05, 3.63) is 64.3 Å². The van der Waals surface area contributed by atoms with Crippen molar-refractivity contribution in [3.63, 3.8) is 0 Å². The molecule has 2 heterocycles. The van der Waals surface area contributed by atoms with Gasteiger partial charge in [0, 0.05) is 29.8 Å². The highest BCUT2D eigenvalue weighted by Gasteiger charge is 2.21. The second kappa shape index (κ2) is 9.28. The molecular formula is C22H18Cl2N4O3S. The second-order valence-corrected chi connectivity index (χ2v) is 9.03. The molecule has 0 saturated carbocycles. The van der Waals surface area contributed by atoms with Crippen molar-refractivity contribution in [3.8, 4) is 16.4 Å². The average Bonchev–Trinajstić information content (AvgIpc) is 3.38. The summed E-state index contributed by atoms with van der Waals surface area (Å²) in [5.41, 5.74) is 5.24. The number of amides is 1. The Morgan fingerprint density at radius 2 is 1.94 bits per heavy atom. The molecule has 0 aliphatic heterocycles. The van der Waals surface area contributed by atoms with Gasteiger partial charge in [0.2, 0.25) is 5.13 Å². The summed E-state index contributed by atoms with van der Waals surface area (Å²) < 4.78 is 2.69. The number of fused-ring (bicyclic) bond motifs is 1. The summed E-state index contributed by atoms with van der Waals surface area (Å²) in [6.45, 7) is 3.09. The molecule has 1 amide bonds. The van der Waals surface area contributed by atoms with Crippen LogP contribution in [-0.2, 0) is 14.4 Å². The van der Waals surface area contributed by atoms with Crippen LogP contribution >= 0.6 is 34.5 Å². The maximum atomic E-state index is 12.1. The number of halogens is 2. The van der Waals surface area contributed by atoms with Crippen LogP contribution in [0.15, 0.2) is 48.5 Å². The van der Waals surface area contributed by atoms with Crippen LogP contribution in [-0.4, -0.2) is 26.6 Å². The minimum atomic E-state index is -0.588. The number of carbonyl (C=O) groups is 2. The lowest BCUT2D eigenvalue weighted by Crippen LogP contribution is -2.26. The van der Waals surface area contributed by atoms with Gasteiger partial charge in [0.05, 0.1) is 21.1 Å². The molecule has 0 aliphatic rings. The smallest absolute Gasteiger partial charge is 0.329 e. The fraction of sp³-hybridized carbons (Fsp3) is 0.182. The first-order valence-corrected chi connectivity index (χ1v) is 11.3. The molecule has 0 bridgehead atoms. The lowest BCUT2D eigenvalue weighted by molar-refractivity contribution is -0.156. The van der Waals surface area contributed by atoms with Crippen molar-refractivity contribution in [2.45, 2.75) is 26.2 Å². The van der Waals surface area contributed by atoms with E-state index in [1.54, 1.807) is 22.9 Å². The molecule has 2 aromatic heterocycles. The number of benzene rings is 2. The van der Waals surface area contributed by atoms with Crippen LogP contribution in [0.4, 0.5) is 0 Å². The Balaban J connectivity index is 1.73. The van der Waals surface area contributed by atoms with Crippen molar-refractivity contribution < 1.29 is 14.4 Å². The normalized spacial score (nSPS) is 12.0. The molecule has 4 aromatic rings. The van der Waals surface area contributed by atoms with E-state index in [1.165, 1.54) is 18.3 Å². The van der Waals surface area contributed by atoms with Gasteiger partial charge in [-0.3, -0.25) is 9.59 Å². The molecule has 32 heavy (non-hydrogen) atoms. The summed E-state index contributed by atoms with van der Waals surface area (Å²) in [5.74, 6) is -1.24. The van der Waals surface area contributed by atoms with Gasteiger partial charge >= 0.3 is 5.97 Å². The quantitative estimate of drug-likeness (QED) is 0.372. The van der Waals surface area contributed by atoms with Crippen LogP contribution in [0.3, 0.4) is 0 Å². The van der Waals surface area contributed by atoms with Crippen molar-refractivity contribution >= 4 is 56.6 Å². The Kier molecular flexibility index (Phi) is 6.45. The Morgan fingerprint density at radius 3 is 2.62 bits per heavy atom. The van der Waals surface area contributed by atoms with Crippen LogP contribution in [0.5, 0.6) is 0 Å². The number of rotatable bonds is 5. The summed E-state index contributed by atoms with van der Waals surface area (Å²) in [6.07, 6.45) is 0.0933. The second-order valence-electron chi connectivity index (χ2n) is 7.18. The van der Waals surface area contributed by atoms with Crippen molar-refractivity contribution in [1.29, 1.82) is 0 Å². The number of nitrogens with zero attached hydrogens (tertiary/aromatic N) is 3. The number of para-hydroxylation sites is 1. The third-order valence-corrected chi connectivity index (χ3v) is 6.27. The van der Waals surface area contributed by atoms with Crippen LogP contribution in [0.25, 0.3) is 26.6 Å². The van der Waals surface area contributed by atoms with Gasteiger partial charge in [0.25, 0.3) is 5.91 Å². The third-order valence-electron chi connectivity index (χ3n) is 4.71. The molecule has 0 radical (unpaired) electrons. The maximum absolute atomic E-state index is 12.1. The molecule has 2 aromatic carbocycles. The number of thiazole rings is 1. The molecule has 0 aliphatic carbocycles. The molecule has 164 valence electrons. The van der Waals surface area contributed by atoms with Gasteiger partial charge in [-0.05, 0) is 30.3 Å². The fourth-order valence-corrected chi connectivity index (χ4v) is 4.52. The van der Waals surface area contributed by atoms with Gasteiger partial charge in [0.15, 0.2) is 0 Å². The zero-order chi connectivity index (χ0) is 22.8. The van der Waals surface area contributed by atoms with E-state index < -0.39 is 11.9 Å². The molecule has 0 spiro atoms. The predicted molar refractivity (Wildman–Crippen MR) is 125 cm³/mol. The highest BCUT2D eigenvalue weighted by Crippen LogP contribution is 2.34. The predicted octanol–water partition coefficient (Wildman–Crippen LogP) is 5.54. The highest BCUT2D eigenvalue weighted by molar-refractivity contribution is 7.20. The largest absolute Gasteiger partial charge is 0.341 e.